The Labute approximate surface area is 231 Å². The van der Waals surface area contributed by atoms with E-state index in [1.165, 1.54) is 11.8 Å². The summed E-state index contributed by atoms with van der Waals surface area (Å²) >= 11 is 1.43. The fraction of sp³-hybridized carbons (Fsp3) is 0.500. The lowest BCUT2D eigenvalue weighted by atomic mass is 10.0. The van der Waals surface area contributed by atoms with E-state index >= 15 is 0 Å². The summed E-state index contributed by atoms with van der Waals surface area (Å²) in [4.78, 5) is 65.6. The van der Waals surface area contributed by atoms with Crippen molar-refractivity contribution in [3.63, 3.8) is 0 Å². The van der Waals surface area contributed by atoms with Gasteiger partial charge >= 0.3 is 5.97 Å². The molecule has 0 bridgehead atoms. The number of nitrogens with two attached hydrogens (primary N) is 4. The second-order valence-corrected chi connectivity index (χ2v) is 9.70. The Morgan fingerprint density at radius 3 is 2.05 bits per heavy atom. The first-order chi connectivity index (χ1) is 18.4. The molecule has 1 aromatic carbocycles. The van der Waals surface area contributed by atoms with E-state index in [1.807, 2.05) is 6.26 Å². The molecule has 4 amide bonds. The third-order valence-corrected chi connectivity index (χ3v) is 6.12. The monoisotopic (exact) mass is 566 g/mol. The summed E-state index contributed by atoms with van der Waals surface area (Å²) in [6, 6.07) is 4.11. The van der Waals surface area contributed by atoms with Crippen molar-refractivity contribution in [2.75, 3.05) is 18.6 Å². The van der Waals surface area contributed by atoms with Crippen LogP contribution in [-0.2, 0) is 30.4 Å². The molecule has 0 fully saturated rings. The molecule has 0 aliphatic carbocycles. The maximum Gasteiger partial charge on any atom is 0.326 e. The summed E-state index contributed by atoms with van der Waals surface area (Å²) in [5, 5.41) is 17.2. The highest BCUT2D eigenvalue weighted by Gasteiger charge is 2.30. The average molecular weight is 567 g/mol. The van der Waals surface area contributed by atoms with Crippen molar-refractivity contribution in [1.29, 1.82) is 0 Å². The lowest BCUT2D eigenvalue weighted by Crippen LogP contribution is -2.58. The normalized spacial score (nSPS) is 13.7. The molecule has 0 saturated heterocycles. The van der Waals surface area contributed by atoms with Crippen LogP contribution in [0.3, 0.4) is 0 Å². The van der Waals surface area contributed by atoms with Crippen LogP contribution in [0, 0.1) is 0 Å². The zero-order valence-corrected chi connectivity index (χ0v) is 22.6. The van der Waals surface area contributed by atoms with Crippen molar-refractivity contribution in [3.8, 4) is 0 Å². The second-order valence-electron chi connectivity index (χ2n) is 8.72. The Balaban J connectivity index is 3.04. The molecule has 1 aromatic rings. The number of carboxylic acids is 1. The van der Waals surface area contributed by atoms with Gasteiger partial charge in [0.2, 0.25) is 23.6 Å². The lowest BCUT2D eigenvalue weighted by Gasteiger charge is -2.25. The molecule has 0 spiro atoms. The van der Waals surface area contributed by atoms with Crippen molar-refractivity contribution >= 4 is 47.3 Å². The number of carboxylic acid groups (broad SMARTS) is 1. The Morgan fingerprint density at radius 2 is 1.49 bits per heavy atom. The van der Waals surface area contributed by atoms with Gasteiger partial charge < -0.3 is 44.0 Å². The van der Waals surface area contributed by atoms with Gasteiger partial charge in [-0.2, -0.15) is 11.8 Å². The first-order valence-electron chi connectivity index (χ1n) is 12.2. The van der Waals surface area contributed by atoms with Crippen LogP contribution in [0.4, 0.5) is 0 Å². The first-order valence-corrected chi connectivity index (χ1v) is 13.6. The highest BCUT2D eigenvalue weighted by molar-refractivity contribution is 7.98. The number of nitrogens with one attached hydrogen (secondary N) is 3. The second kappa shape index (κ2) is 17.6. The topological polar surface area (TPSA) is 258 Å². The summed E-state index contributed by atoms with van der Waals surface area (Å²) in [5.74, 6) is -3.80. The molecule has 0 aliphatic rings. The van der Waals surface area contributed by atoms with Crippen molar-refractivity contribution in [1.82, 2.24) is 16.0 Å². The van der Waals surface area contributed by atoms with Gasteiger partial charge in [-0.25, -0.2) is 4.79 Å². The van der Waals surface area contributed by atoms with E-state index in [1.54, 1.807) is 30.3 Å². The molecule has 0 heterocycles. The zero-order valence-electron chi connectivity index (χ0n) is 21.8. The smallest absolute Gasteiger partial charge is 0.326 e. The van der Waals surface area contributed by atoms with E-state index in [2.05, 4.69) is 20.9 Å². The average Bonchev–Trinajstić information content (AvgIpc) is 2.87. The molecule has 15 heteroatoms. The Hall–Kier alpha value is -3.85. The molecule has 39 heavy (non-hydrogen) atoms. The van der Waals surface area contributed by atoms with E-state index in [0.717, 1.165) is 5.56 Å². The predicted molar refractivity (Wildman–Crippen MR) is 148 cm³/mol. The molecule has 4 atom stereocenters. The molecule has 1 rings (SSSR count). The highest BCUT2D eigenvalue weighted by atomic mass is 32.2. The molecule has 14 nitrogen and oxygen atoms in total. The van der Waals surface area contributed by atoms with Gasteiger partial charge in [0, 0.05) is 13.0 Å². The summed E-state index contributed by atoms with van der Waals surface area (Å²) in [5.41, 5.74) is 22.1. The minimum absolute atomic E-state index is 0.0610. The fourth-order valence-electron chi connectivity index (χ4n) is 3.46. The number of amides is 4. The van der Waals surface area contributed by atoms with Crippen molar-refractivity contribution < 1.29 is 29.1 Å². The summed E-state index contributed by atoms with van der Waals surface area (Å²) in [6.45, 7) is 0.188. The number of hydrogen-bond donors (Lipinski definition) is 8. The van der Waals surface area contributed by atoms with E-state index in [0.29, 0.717) is 12.2 Å². The maximum absolute atomic E-state index is 13.3. The number of aliphatic imine (C=N–C) groups is 1. The lowest BCUT2D eigenvalue weighted by molar-refractivity contribution is -0.142. The molecule has 216 valence electrons. The number of carbonyl (C=O) groups excluding carboxylic acids is 4. The summed E-state index contributed by atoms with van der Waals surface area (Å²) in [7, 11) is 0. The Bertz CT molecular complexity index is 1010. The minimum Gasteiger partial charge on any atom is -0.480 e. The van der Waals surface area contributed by atoms with E-state index in [-0.39, 0.29) is 31.8 Å². The van der Waals surface area contributed by atoms with Crippen molar-refractivity contribution in [3.05, 3.63) is 35.9 Å². The minimum atomic E-state index is -1.26. The first kappa shape index (κ1) is 33.2. The number of primary amides is 1. The molecular formula is C24H38N8O6S. The number of nitrogens with zero attached hydrogens (tertiary/aromatic N) is 1. The number of benzene rings is 1. The third kappa shape index (κ3) is 13.5. The van der Waals surface area contributed by atoms with E-state index in [4.69, 9.17) is 22.9 Å². The molecule has 4 unspecified atom stereocenters. The number of aliphatic carboxylic acids is 1. The van der Waals surface area contributed by atoms with Gasteiger partial charge in [-0.3, -0.25) is 24.2 Å². The number of hydrogen-bond acceptors (Lipinski definition) is 8. The van der Waals surface area contributed by atoms with Crippen LogP contribution in [0.25, 0.3) is 0 Å². The van der Waals surface area contributed by atoms with Gasteiger partial charge in [-0.1, -0.05) is 30.3 Å². The van der Waals surface area contributed by atoms with Crippen LogP contribution in [0.5, 0.6) is 0 Å². The number of guanidine groups is 1. The number of carbonyl (C=O) groups is 5. The summed E-state index contributed by atoms with van der Waals surface area (Å²) < 4.78 is 0. The van der Waals surface area contributed by atoms with Crippen LogP contribution < -0.4 is 38.9 Å². The standard InChI is InChI=1S/C24H38N8O6S/c1-39-11-9-16(21(35)31-17(23(37)38)8-5-10-29-24(27)28)30-22(36)18(12-14-6-3-2-4-7-14)32-20(34)15(25)13-19(26)33/h2-4,6-7,15-18H,5,8-13,25H2,1H3,(H2,26,33)(H,30,36)(H,31,35)(H,32,34)(H,37,38)(H4,27,28,29). The molecule has 0 aromatic heterocycles. The number of thioether (sulfide) groups is 1. The largest absolute Gasteiger partial charge is 0.480 e. The molecular weight excluding hydrogens is 528 g/mol. The zero-order chi connectivity index (χ0) is 29.4. The van der Waals surface area contributed by atoms with Crippen molar-refractivity contribution in [2.45, 2.75) is 56.3 Å². The van der Waals surface area contributed by atoms with Gasteiger partial charge in [0.1, 0.15) is 18.1 Å². The third-order valence-electron chi connectivity index (χ3n) is 5.48. The van der Waals surface area contributed by atoms with Crippen LogP contribution in [0.15, 0.2) is 35.3 Å². The maximum atomic E-state index is 13.3. The Morgan fingerprint density at radius 1 is 0.897 bits per heavy atom. The van der Waals surface area contributed by atoms with Crippen molar-refractivity contribution in [2.24, 2.45) is 27.9 Å². The molecule has 0 aliphatic heterocycles. The fourth-order valence-corrected chi connectivity index (χ4v) is 3.93. The van der Waals surface area contributed by atoms with Gasteiger partial charge in [0.15, 0.2) is 5.96 Å². The number of rotatable bonds is 18. The summed E-state index contributed by atoms with van der Waals surface area (Å²) in [6.07, 6.45) is 2.04. The van der Waals surface area contributed by atoms with E-state index < -0.39 is 60.2 Å². The van der Waals surface area contributed by atoms with Crippen LogP contribution in [0.2, 0.25) is 0 Å². The van der Waals surface area contributed by atoms with Gasteiger partial charge in [0.25, 0.3) is 0 Å². The quantitative estimate of drug-likeness (QED) is 0.0539. The SMILES string of the molecule is CSCCC(NC(=O)C(Cc1ccccc1)NC(=O)C(N)CC(N)=O)C(=O)NC(CCCN=C(N)N)C(=O)O. The molecule has 0 radical (unpaired) electrons. The Kier molecular flexibility index (Phi) is 15.0. The van der Waals surface area contributed by atoms with Crippen LogP contribution in [-0.4, -0.2) is 83.4 Å². The van der Waals surface area contributed by atoms with Gasteiger partial charge in [-0.05, 0) is 36.8 Å². The van der Waals surface area contributed by atoms with Gasteiger partial charge in [-0.15, -0.1) is 0 Å². The van der Waals surface area contributed by atoms with Crippen LogP contribution in [0.1, 0.15) is 31.2 Å². The molecule has 12 N–H and O–H groups in total. The highest BCUT2D eigenvalue weighted by Crippen LogP contribution is 2.08. The predicted octanol–water partition coefficient (Wildman–Crippen LogP) is -2.22. The van der Waals surface area contributed by atoms with Gasteiger partial charge in [0.05, 0.1) is 12.5 Å². The van der Waals surface area contributed by atoms with E-state index in [9.17, 15) is 29.1 Å². The molecule has 0 saturated carbocycles. The van der Waals surface area contributed by atoms with Crippen LogP contribution >= 0.6 is 11.8 Å².